The fourth-order valence-corrected chi connectivity index (χ4v) is 3.33. The third-order valence-corrected chi connectivity index (χ3v) is 4.76. The number of ether oxygens (including phenoxy) is 2. The van der Waals surface area contributed by atoms with E-state index in [9.17, 15) is 4.79 Å². The van der Waals surface area contributed by atoms with Gasteiger partial charge in [0.2, 0.25) is 0 Å². The highest BCUT2D eigenvalue weighted by Gasteiger charge is 2.23. The lowest BCUT2D eigenvalue weighted by molar-refractivity contribution is 0.0757. The molecule has 0 N–H and O–H groups in total. The molecule has 1 aliphatic heterocycles. The van der Waals surface area contributed by atoms with Crippen molar-refractivity contribution in [3.05, 3.63) is 59.7 Å². The molecule has 0 unspecified atom stereocenters. The summed E-state index contributed by atoms with van der Waals surface area (Å²) in [6.07, 6.45) is 0.963. The Kier molecular flexibility index (Phi) is 6.12. The van der Waals surface area contributed by atoms with Crippen LogP contribution in [0.3, 0.4) is 0 Å². The molecule has 2 aromatic carbocycles. The van der Waals surface area contributed by atoms with Crippen LogP contribution in [-0.2, 0) is 6.54 Å². The number of methoxy groups -OCH3 is 2. The number of carbonyl (C=O) groups excluding carboxylic acids is 1. The van der Waals surface area contributed by atoms with Crippen molar-refractivity contribution in [1.29, 1.82) is 0 Å². The Morgan fingerprint density at radius 1 is 0.962 bits per heavy atom. The lowest BCUT2D eigenvalue weighted by Gasteiger charge is -2.23. The smallest absolute Gasteiger partial charge is 0.257 e. The van der Waals surface area contributed by atoms with Crippen LogP contribution in [-0.4, -0.2) is 56.1 Å². The van der Waals surface area contributed by atoms with Crippen molar-refractivity contribution in [2.75, 3.05) is 40.4 Å². The van der Waals surface area contributed by atoms with Gasteiger partial charge in [-0.05, 0) is 30.2 Å². The number of nitrogens with zero attached hydrogens (tertiary/aromatic N) is 2. The molecule has 1 heterocycles. The minimum Gasteiger partial charge on any atom is -0.497 e. The molecular formula is C21H26N2O3. The second kappa shape index (κ2) is 8.72. The number of rotatable bonds is 5. The largest absolute Gasteiger partial charge is 0.497 e. The van der Waals surface area contributed by atoms with E-state index in [1.807, 2.05) is 11.0 Å². The van der Waals surface area contributed by atoms with Crippen molar-refractivity contribution in [1.82, 2.24) is 9.80 Å². The maximum atomic E-state index is 13.0. The summed E-state index contributed by atoms with van der Waals surface area (Å²) in [5.41, 5.74) is 1.87. The molecular weight excluding hydrogens is 328 g/mol. The van der Waals surface area contributed by atoms with Gasteiger partial charge < -0.3 is 14.4 Å². The molecule has 0 bridgehead atoms. The van der Waals surface area contributed by atoms with Gasteiger partial charge in [-0.15, -0.1) is 0 Å². The second-order valence-electron chi connectivity index (χ2n) is 6.47. The Balaban J connectivity index is 1.68. The van der Waals surface area contributed by atoms with Gasteiger partial charge in [-0.3, -0.25) is 9.69 Å². The molecule has 3 rings (SSSR count). The standard InChI is InChI=1S/C21H26N2O3/c1-25-18-9-10-20(26-2)19(15-18)21(24)23-12-6-11-22(13-14-23)16-17-7-4-3-5-8-17/h3-5,7-10,15H,6,11-14,16H2,1-2H3. The zero-order valence-electron chi connectivity index (χ0n) is 15.5. The fourth-order valence-electron chi connectivity index (χ4n) is 3.33. The molecule has 1 saturated heterocycles. The van der Waals surface area contributed by atoms with Crippen LogP contribution in [0.5, 0.6) is 11.5 Å². The van der Waals surface area contributed by atoms with Crippen LogP contribution in [0.15, 0.2) is 48.5 Å². The first-order valence-corrected chi connectivity index (χ1v) is 8.99. The third kappa shape index (κ3) is 4.35. The van der Waals surface area contributed by atoms with Crippen molar-refractivity contribution < 1.29 is 14.3 Å². The molecule has 0 saturated carbocycles. The van der Waals surface area contributed by atoms with Crippen molar-refractivity contribution in [2.24, 2.45) is 0 Å². The zero-order valence-corrected chi connectivity index (χ0v) is 15.5. The zero-order chi connectivity index (χ0) is 18.4. The van der Waals surface area contributed by atoms with Crippen molar-refractivity contribution in [3.63, 3.8) is 0 Å². The normalized spacial score (nSPS) is 15.4. The first-order chi connectivity index (χ1) is 12.7. The Bertz CT molecular complexity index is 733. The van der Waals surface area contributed by atoms with Crippen LogP contribution in [0.1, 0.15) is 22.3 Å². The van der Waals surface area contributed by atoms with Gasteiger partial charge in [-0.1, -0.05) is 30.3 Å². The minimum atomic E-state index is 0.00214. The Morgan fingerprint density at radius 3 is 2.50 bits per heavy atom. The highest BCUT2D eigenvalue weighted by molar-refractivity contribution is 5.97. The summed E-state index contributed by atoms with van der Waals surface area (Å²) in [5.74, 6) is 1.25. The average molecular weight is 354 g/mol. The Hall–Kier alpha value is -2.53. The molecule has 1 fully saturated rings. The Labute approximate surface area is 155 Å². The van der Waals surface area contributed by atoms with Crippen LogP contribution in [0.4, 0.5) is 0 Å². The van der Waals surface area contributed by atoms with E-state index < -0.39 is 0 Å². The third-order valence-electron chi connectivity index (χ3n) is 4.76. The number of hydrogen-bond acceptors (Lipinski definition) is 4. The number of hydrogen-bond donors (Lipinski definition) is 0. The van der Waals surface area contributed by atoms with Crippen LogP contribution >= 0.6 is 0 Å². The lowest BCUT2D eigenvalue weighted by Crippen LogP contribution is -2.35. The molecule has 138 valence electrons. The summed E-state index contributed by atoms with van der Waals surface area (Å²) >= 11 is 0. The van der Waals surface area contributed by atoms with Crippen molar-refractivity contribution >= 4 is 5.91 Å². The average Bonchev–Trinajstić information content (AvgIpc) is 2.93. The summed E-state index contributed by atoms with van der Waals surface area (Å²) in [5, 5.41) is 0. The fraction of sp³-hybridized carbons (Fsp3) is 0.381. The van der Waals surface area contributed by atoms with E-state index >= 15 is 0 Å². The van der Waals surface area contributed by atoms with Gasteiger partial charge in [-0.25, -0.2) is 0 Å². The summed E-state index contributed by atoms with van der Waals surface area (Å²) in [7, 11) is 3.19. The molecule has 0 radical (unpaired) electrons. The summed E-state index contributed by atoms with van der Waals surface area (Å²) in [6, 6.07) is 15.8. The van der Waals surface area contributed by atoms with E-state index in [0.717, 1.165) is 32.6 Å². The molecule has 5 heteroatoms. The van der Waals surface area contributed by atoms with Crippen molar-refractivity contribution in [3.8, 4) is 11.5 Å². The predicted molar refractivity (Wildman–Crippen MR) is 102 cm³/mol. The van der Waals surface area contributed by atoms with Gasteiger partial charge in [0.1, 0.15) is 11.5 Å². The highest BCUT2D eigenvalue weighted by Crippen LogP contribution is 2.25. The van der Waals surface area contributed by atoms with Gasteiger partial charge in [0.15, 0.2) is 0 Å². The molecule has 2 aromatic rings. The molecule has 0 atom stereocenters. The van der Waals surface area contributed by atoms with Crippen LogP contribution < -0.4 is 9.47 Å². The first-order valence-electron chi connectivity index (χ1n) is 8.99. The molecule has 0 spiro atoms. The minimum absolute atomic E-state index is 0.00214. The monoisotopic (exact) mass is 354 g/mol. The Morgan fingerprint density at radius 2 is 1.77 bits per heavy atom. The maximum absolute atomic E-state index is 13.0. The van der Waals surface area contributed by atoms with Crippen LogP contribution in [0.2, 0.25) is 0 Å². The van der Waals surface area contributed by atoms with Gasteiger partial charge >= 0.3 is 0 Å². The molecule has 0 aliphatic carbocycles. The maximum Gasteiger partial charge on any atom is 0.257 e. The summed E-state index contributed by atoms with van der Waals surface area (Å²) < 4.78 is 10.6. The number of carbonyl (C=O) groups is 1. The van der Waals surface area contributed by atoms with Gasteiger partial charge in [-0.2, -0.15) is 0 Å². The van der Waals surface area contributed by atoms with E-state index in [1.165, 1.54) is 5.56 Å². The van der Waals surface area contributed by atoms with E-state index in [2.05, 4.69) is 29.2 Å². The summed E-state index contributed by atoms with van der Waals surface area (Å²) in [4.78, 5) is 17.4. The predicted octanol–water partition coefficient (Wildman–Crippen LogP) is 3.05. The molecule has 0 aromatic heterocycles. The summed E-state index contributed by atoms with van der Waals surface area (Å²) in [6.45, 7) is 4.25. The quantitative estimate of drug-likeness (QED) is 0.828. The van der Waals surface area contributed by atoms with E-state index in [4.69, 9.17) is 9.47 Å². The molecule has 1 aliphatic rings. The van der Waals surface area contributed by atoms with E-state index in [-0.39, 0.29) is 5.91 Å². The van der Waals surface area contributed by atoms with E-state index in [0.29, 0.717) is 23.6 Å². The van der Waals surface area contributed by atoms with Gasteiger partial charge in [0.05, 0.1) is 19.8 Å². The molecule has 5 nitrogen and oxygen atoms in total. The number of benzene rings is 2. The van der Waals surface area contributed by atoms with Crippen LogP contribution in [0.25, 0.3) is 0 Å². The van der Waals surface area contributed by atoms with Gasteiger partial charge in [0.25, 0.3) is 5.91 Å². The molecule has 26 heavy (non-hydrogen) atoms. The SMILES string of the molecule is COc1ccc(OC)c(C(=O)N2CCCN(Cc3ccccc3)CC2)c1. The lowest BCUT2D eigenvalue weighted by atomic mass is 10.1. The van der Waals surface area contributed by atoms with Crippen molar-refractivity contribution in [2.45, 2.75) is 13.0 Å². The second-order valence-corrected chi connectivity index (χ2v) is 6.47. The topological polar surface area (TPSA) is 42.0 Å². The van der Waals surface area contributed by atoms with Crippen LogP contribution in [0, 0.1) is 0 Å². The number of amides is 1. The molecule has 1 amide bonds. The first kappa shape index (κ1) is 18.3. The highest BCUT2D eigenvalue weighted by atomic mass is 16.5. The van der Waals surface area contributed by atoms with E-state index in [1.54, 1.807) is 32.4 Å². The van der Waals surface area contributed by atoms with Gasteiger partial charge in [0, 0.05) is 32.7 Å².